The molecule has 0 spiro atoms. The first kappa shape index (κ1) is 16.1. The zero-order chi connectivity index (χ0) is 16.2. The Kier molecular flexibility index (Phi) is 5.04. The molecule has 0 fully saturated rings. The van der Waals surface area contributed by atoms with Crippen molar-refractivity contribution in [3.05, 3.63) is 40.9 Å². The number of hydrogen-bond donors (Lipinski definition) is 1. The van der Waals surface area contributed by atoms with Gasteiger partial charge in [0.15, 0.2) is 15.3 Å². The highest BCUT2D eigenvalue weighted by molar-refractivity contribution is 8.01. The molecule has 0 unspecified atom stereocenters. The highest BCUT2D eigenvalue weighted by atomic mass is 32.2. The standard InChI is InChI=1S/C15H14N4OS3/c1-9-5-3-4-6-11(9)13-18-15(23-19-13)22-8-12(20)17-14-16-10(2)7-21-14/h3-7H,8H2,1-2H3,(H,16,17,20). The lowest BCUT2D eigenvalue weighted by Crippen LogP contribution is -2.13. The third-order valence-corrected chi connectivity index (χ3v) is 5.69. The second kappa shape index (κ2) is 7.20. The smallest absolute Gasteiger partial charge is 0.236 e. The van der Waals surface area contributed by atoms with Gasteiger partial charge in [0.25, 0.3) is 0 Å². The van der Waals surface area contributed by atoms with Gasteiger partial charge in [-0.3, -0.25) is 4.79 Å². The topological polar surface area (TPSA) is 67.8 Å². The number of hydrogen-bond acceptors (Lipinski definition) is 7. The SMILES string of the molecule is Cc1csc(NC(=O)CSc2nc(-c3ccccc3C)ns2)n1. The van der Waals surface area contributed by atoms with Gasteiger partial charge in [-0.25, -0.2) is 9.97 Å². The molecule has 1 N–H and O–H groups in total. The first-order valence-electron chi connectivity index (χ1n) is 6.86. The van der Waals surface area contributed by atoms with Crippen molar-refractivity contribution in [2.24, 2.45) is 0 Å². The zero-order valence-corrected chi connectivity index (χ0v) is 15.0. The number of aryl methyl sites for hydroxylation is 2. The Morgan fingerprint density at radius 3 is 2.83 bits per heavy atom. The van der Waals surface area contributed by atoms with Crippen molar-refractivity contribution in [2.75, 3.05) is 11.1 Å². The van der Waals surface area contributed by atoms with E-state index in [4.69, 9.17) is 0 Å². The lowest BCUT2D eigenvalue weighted by molar-refractivity contribution is -0.113. The molecule has 0 aliphatic rings. The largest absolute Gasteiger partial charge is 0.301 e. The number of rotatable bonds is 5. The Labute approximate surface area is 146 Å². The lowest BCUT2D eigenvalue weighted by atomic mass is 10.1. The van der Waals surface area contributed by atoms with E-state index in [1.807, 2.05) is 43.5 Å². The summed E-state index contributed by atoms with van der Waals surface area (Å²) in [4.78, 5) is 20.6. The molecule has 0 saturated heterocycles. The first-order chi connectivity index (χ1) is 11.1. The third-order valence-electron chi connectivity index (χ3n) is 2.99. The van der Waals surface area contributed by atoms with E-state index < -0.39 is 0 Å². The minimum atomic E-state index is -0.0861. The van der Waals surface area contributed by atoms with Crippen molar-refractivity contribution in [3.63, 3.8) is 0 Å². The van der Waals surface area contributed by atoms with Crippen LogP contribution in [0.4, 0.5) is 5.13 Å². The van der Waals surface area contributed by atoms with Crippen LogP contribution in [0, 0.1) is 13.8 Å². The van der Waals surface area contributed by atoms with Gasteiger partial charge in [-0.2, -0.15) is 4.37 Å². The number of thiazole rings is 1. The molecule has 0 aliphatic heterocycles. The average molecular weight is 363 g/mol. The molecular formula is C15H14N4OS3. The summed E-state index contributed by atoms with van der Waals surface area (Å²) in [5.41, 5.74) is 3.07. The van der Waals surface area contributed by atoms with E-state index in [0.29, 0.717) is 16.7 Å². The van der Waals surface area contributed by atoms with Gasteiger partial charge < -0.3 is 5.32 Å². The highest BCUT2D eigenvalue weighted by Gasteiger charge is 2.11. The summed E-state index contributed by atoms with van der Waals surface area (Å²) in [5, 5.41) is 5.32. The maximum absolute atomic E-state index is 11.9. The van der Waals surface area contributed by atoms with Crippen molar-refractivity contribution in [2.45, 2.75) is 18.2 Å². The summed E-state index contributed by atoms with van der Waals surface area (Å²) in [6.45, 7) is 3.93. The fourth-order valence-electron chi connectivity index (χ4n) is 1.90. The van der Waals surface area contributed by atoms with Gasteiger partial charge in [-0.15, -0.1) is 11.3 Å². The van der Waals surface area contributed by atoms with Gasteiger partial charge in [0.1, 0.15) is 0 Å². The Hall–Kier alpha value is -1.77. The van der Waals surface area contributed by atoms with Crippen LogP contribution in [0.25, 0.3) is 11.4 Å². The summed E-state index contributed by atoms with van der Waals surface area (Å²) in [6, 6.07) is 8.00. The Balaban J connectivity index is 1.59. The van der Waals surface area contributed by atoms with Crippen LogP contribution in [0.2, 0.25) is 0 Å². The van der Waals surface area contributed by atoms with Crippen LogP contribution in [0.15, 0.2) is 34.0 Å². The summed E-state index contributed by atoms with van der Waals surface area (Å²) >= 11 is 4.12. The van der Waals surface area contributed by atoms with Crippen molar-refractivity contribution in [1.29, 1.82) is 0 Å². The third kappa shape index (κ3) is 4.15. The molecule has 1 amide bonds. The van der Waals surface area contributed by atoms with Crippen LogP contribution < -0.4 is 5.32 Å². The molecule has 0 radical (unpaired) electrons. The molecule has 5 nitrogen and oxygen atoms in total. The van der Waals surface area contributed by atoms with Crippen LogP contribution in [0.5, 0.6) is 0 Å². The Morgan fingerprint density at radius 1 is 1.26 bits per heavy atom. The van der Waals surface area contributed by atoms with E-state index in [9.17, 15) is 4.79 Å². The molecule has 8 heteroatoms. The summed E-state index contributed by atoms with van der Waals surface area (Å²) in [7, 11) is 0. The maximum atomic E-state index is 11.9. The number of carbonyl (C=O) groups is 1. The number of amides is 1. The molecular weight excluding hydrogens is 348 g/mol. The number of aromatic nitrogens is 3. The molecule has 118 valence electrons. The van der Waals surface area contributed by atoms with E-state index in [2.05, 4.69) is 19.7 Å². The molecule has 0 aliphatic carbocycles. The number of nitrogens with zero attached hydrogens (tertiary/aromatic N) is 3. The van der Waals surface area contributed by atoms with Crippen LogP contribution in [-0.2, 0) is 4.79 Å². The Bertz CT molecular complexity index is 828. The number of thioether (sulfide) groups is 1. The van der Waals surface area contributed by atoms with E-state index in [1.54, 1.807) is 0 Å². The van der Waals surface area contributed by atoms with Crippen LogP contribution >= 0.6 is 34.6 Å². The van der Waals surface area contributed by atoms with Gasteiger partial charge in [0, 0.05) is 10.9 Å². The summed E-state index contributed by atoms with van der Waals surface area (Å²) in [6.07, 6.45) is 0. The zero-order valence-electron chi connectivity index (χ0n) is 12.6. The van der Waals surface area contributed by atoms with Crippen LogP contribution in [-0.4, -0.2) is 26.0 Å². The van der Waals surface area contributed by atoms with Crippen molar-refractivity contribution in [1.82, 2.24) is 14.3 Å². The predicted octanol–water partition coefficient (Wildman–Crippen LogP) is 4.01. The average Bonchev–Trinajstić information content (AvgIpc) is 3.15. The van der Waals surface area contributed by atoms with Crippen molar-refractivity contribution in [3.8, 4) is 11.4 Å². The molecule has 23 heavy (non-hydrogen) atoms. The fraction of sp³-hybridized carbons (Fsp3) is 0.200. The molecule has 3 aromatic rings. The number of carbonyl (C=O) groups excluding carboxylic acids is 1. The summed E-state index contributed by atoms with van der Waals surface area (Å²) < 4.78 is 5.17. The molecule has 2 aromatic heterocycles. The number of benzene rings is 1. The number of nitrogens with one attached hydrogen (secondary N) is 1. The first-order valence-corrected chi connectivity index (χ1v) is 9.50. The van der Waals surface area contributed by atoms with Gasteiger partial charge in [0.2, 0.25) is 5.91 Å². The quantitative estimate of drug-likeness (QED) is 0.695. The van der Waals surface area contributed by atoms with E-state index in [0.717, 1.165) is 21.2 Å². The van der Waals surface area contributed by atoms with Gasteiger partial charge in [-0.05, 0) is 30.9 Å². The Morgan fingerprint density at radius 2 is 2.09 bits per heavy atom. The van der Waals surface area contributed by atoms with Crippen molar-refractivity contribution < 1.29 is 4.79 Å². The van der Waals surface area contributed by atoms with E-state index >= 15 is 0 Å². The fourth-order valence-corrected chi connectivity index (χ4v) is 4.01. The van der Waals surface area contributed by atoms with E-state index in [1.165, 1.54) is 34.6 Å². The molecule has 0 atom stereocenters. The molecule has 2 heterocycles. The minimum absolute atomic E-state index is 0.0861. The predicted molar refractivity (Wildman–Crippen MR) is 96.3 cm³/mol. The lowest BCUT2D eigenvalue weighted by Gasteiger charge is -2.00. The second-order valence-corrected chi connectivity index (χ2v) is 7.66. The molecule has 0 bridgehead atoms. The highest BCUT2D eigenvalue weighted by Crippen LogP contribution is 2.27. The molecule has 1 aromatic carbocycles. The van der Waals surface area contributed by atoms with Crippen LogP contribution in [0.1, 0.15) is 11.3 Å². The molecule has 3 rings (SSSR count). The minimum Gasteiger partial charge on any atom is -0.301 e. The van der Waals surface area contributed by atoms with Crippen LogP contribution in [0.3, 0.4) is 0 Å². The monoisotopic (exact) mass is 362 g/mol. The van der Waals surface area contributed by atoms with Gasteiger partial charge in [-0.1, -0.05) is 36.0 Å². The van der Waals surface area contributed by atoms with Gasteiger partial charge >= 0.3 is 0 Å². The van der Waals surface area contributed by atoms with E-state index in [-0.39, 0.29) is 5.91 Å². The van der Waals surface area contributed by atoms with Crippen molar-refractivity contribution >= 4 is 45.7 Å². The maximum Gasteiger partial charge on any atom is 0.236 e. The summed E-state index contributed by atoms with van der Waals surface area (Å²) in [5.74, 6) is 0.921. The molecule has 0 saturated carbocycles. The number of anilines is 1. The second-order valence-electron chi connectivity index (χ2n) is 4.83. The van der Waals surface area contributed by atoms with Gasteiger partial charge in [0.05, 0.1) is 11.4 Å². The normalized spacial score (nSPS) is 10.7.